The Morgan fingerprint density at radius 1 is 0.300 bits per heavy atom. The Balaban J connectivity index is 0.924. The second-order valence-corrected chi connectivity index (χ2v) is 23.8. The van der Waals surface area contributed by atoms with Crippen LogP contribution in [0.4, 0.5) is 0 Å². The molecule has 100 heavy (non-hydrogen) atoms. The average molecular weight is 1300 g/mol. The highest BCUT2D eigenvalue weighted by Gasteiger charge is 2.26. The zero-order valence-electron chi connectivity index (χ0n) is 53.4. The highest BCUT2D eigenvalue weighted by Crippen LogP contribution is 2.42. The highest BCUT2D eigenvalue weighted by atomic mass is 16.5. The first kappa shape index (κ1) is 62.2. The Bertz CT molecular complexity index is 5540. The Morgan fingerprint density at radius 2 is 0.610 bits per heavy atom. The minimum Gasteiger partial charge on any atom is -0.457 e. The Morgan fingerprint density at radius 3 is 0.970 bits per heavy atom. The summed E-state index contributed by atoms with van der Waals surface area (Å²) in [5.74, 6) is -1.41. The lowest BCUT2D eigenvalue weighted by atomic mass is 10.00. The summed E-state index contributed by atoms with van der Waals surface area (Å²) < 4.78 is 27.5. The molecule has 0 bridgehead atoms. The van der Waals surface area contributed by atoms with Gasteiger partial charge in [0.1, 0.15) is 26.4 Å². The number of nitriles is 2. The molecule has 15 nitrogen and oxygen atoms in total. The summed E-state index contributed by atoms with van der Waals surface area (Å²) in [6, 6.07) is 91.5. The van der Waals surface area contributed by atoms with Crippen molar-refractivity contribution in [3.8, 4) is 68.8 Å². The summed E-state index contributed by atoms with van der Waals surface area (Å²) in [5.41, 5.74) is 12.1. The van der Waals surface area contributed by atoms with E-state index in [1.807, 2.05) is 211 Å². The lowest BCUT2D eigenvalue weighted by Crippen LogP contribution is -2.07. The first-order chi connectivity index (χ1) is 49.1. The molecular formula is C85H55N7O8. The van der Waals surface area contributed by atoms with Crippen LogP contribution in [-0.2, 0) is 45.4 Å². The molecule has 15 heteroatoms. The molecular weight excluding hydrogens is 1250 g/mol. The third-order valence-electron chi connectivity index (χ3n) is 17.4. The summed E-state index contributed by atoms with van der Waals surface area (Å²) in [6.07, 6.45) is 0. The number of hydrogen-bond donors (Lipinski definition) is 0. The van der Waals surface area contributed by atoms with Crippen molar-refractivity contribution in [2.45, 2.75) is 26.4 Å². The molecule has 0 saturated heterocycles. The molecule has 3 aromatic heterocycles. The van der Waals surface area contributed by atoms with E-state index in [0.717, 1.165) is 33.4 Å². The molecule has 0 spiro atoms. The van der Waals surface area contributed by atoms with E-state index in [4.69, 9.17) is 33.9 Å². The van der Waals surface area contributed by atoms with E-state index in [1.54, 1.807) is 78.9 Å². The van der Waals surface area contributed by atoms with Crippen molar-refractivity contribution in [1.82, 2.24) is 24.1 Å². The van der Waals surface area contributed by atoms with Gasteiger partial charge in [-0.25, -0.2) is 34.1 Å². The predicted molar refractivity (Wildman–Crippen MR) is 382 cm³/mol. The summed E-state index contributed by atoms with van der Waals surface area (Å²) >= 11 is 0. The summed E-state index contributed by atoms with van der Waals surface area (Å²) in [6.45, 7) is 0.191. The van der Waals surface area contributed by atoms with E-state index >= 15 is 0 Å². The predicted octanol–water partition coefficient (Wildman–Crippen LogP) is 17.9. The van der Waals surface area contributed by atoms with Crippen LogP contribution in [0.15, 0.2) is 285 Å². The lowest BCUT2D eigenvalue weighted by Gasteiger charge is -2.18. The van der Waals surface area contributed by atoms with Crippen LogP contribution in [0.5, 0.6) is 0 Å². The van der Waals surface area contributed by atoms with Crippen LogP contribution >= 0.6 is 0 Å². The number of ether oxygens (including phenoxy) is 4. The van der Waals surface area contributed by atoms with Crippen LogP contribution in [0.1, 0.15) is 74.8 Å². The average Bonchev–Trinajstić information content (AvgIpc) is 1.57. The molecule has 0 fully saturated rings. The molecule has 15 aromatic rings. The molecule has 0 saturated carbocycles. The SMILES string of the molecule is N#Cc1ccc(-c2ccc(-c3nc(-c4ccccc4)nc(-c4ccc(C#N)cc4-n4c5ccc(C(=O)OCc6ccccc6)cc5c5cc(C(=O)OCc6ccccc6)ccc54)n3)c(-n3c4ccc(C(=O)OCc5ccccc5)cc4c4cc(C(=O)OCc5ccccc5)ccc43)c2)cc1. The standard InChI is InChI=1S/C85H55N7O8/c86-48-54-26-29-60(30-27-54)62-31-37-68(78(47-62)92-75-40-34-65(84(95)99-52-57-20-10-3-11-21-57)45-71(75)72-46-66(35-41-76(72)92)85(96)100-53-58-22-12-4-13-23-58)81-89-79(61-24-14-5-15-25-61)88-80(90-81)67-36-28-59(49-87)42-77(67)91-73-38-32-63(82(93)97-50-55-16-6-1-7-17-55)43-69(73)70-44-64(33-39-74(70)91)83(94)98-51-56-18-8-2-9-19-56/h1-47H,50-53H2. The lowest BCUT2D eigenvalue weighted by molar-refractivity contribution is 0.0464. The fraction of sp³-hybridized carbons (Fsp3) is 0.0471. The largest absolute Gasteiger partial charge is 0.457 e. The maximum Gasteiger partial charge on any atom is 0.338 e. The Kier molecular flexibility index (Phi) is 17.1. The molecule has 0 amide bonds. The van der Waals surface area contributed by atoms with E-state index < -0.39 is 23.9 Å². The van der Waals surface area contributed by atoms with Gasteiger partial charge >= 0.3 is 23.9 Å². The summed E-state index contributed by atoms with van der Waals surface area (Å²) in [5, 5.41) is 23.1. The molecule has 0 unspecified atom stereocenters. The molecule has 0 aliphatic carbocycles. The first-order valence-electron chi connectivity index (χ1n) is 32.1. The normalized spacial score (nSPS) is 11.1. The van der Waals surface area contributed by atoms with Gasteiger partial charge in [-0.3, -0.25) is 0 Å². The Hall–Kier alpha value is -13.9. The van der Waals surface area contributed by atoms with Crippen molar-refractivity contribution in [2.75, 3.05) is 0 Å². The number of carbonyl (C=O) groups excluding carboxylic acids is 4. The minimum absolute atomic E-state index is 0.0466. The quantitative estimate of drug-likeness (QED) is 0.0581. The molecule has 15 rings (SSSR count). The number of fused-ring (bicyclic) bond motifs is 6. The number of rotatable bonds is 18. The van der Waals surface area contributed by atoms with E-state index in [1.165, 1.54) is 0 Å². The van der Waals surface area contributed by atoms with Crippen LogP contribution in [0.25, 0.3) is 100 Å². The van der Waals surface area contributed by atoms with E-state index in [-0.39, 0.29) is 60.3 Å². The molecule has 478 valence electrons. The van der Waals surface area contributed by atoms with Gasteiger partial charge in [-0.1, -0.05) is 170 Å². The van der Waals surface area contributed by atoms with Gasteiger partial charge in [0.25, 0.3) is 0 Å². The van der Waals surface area contributed by atoms with Crippen LogP contribution in [-0.4, -0.2) is 48.0 Å². The van der Waals surface area contributed by atoms with Crippen molar-refractivity contribution in [3.63, 3.8) is 0 Å². The second-order valence-electron chi connectivity index (χ2n) is 23.8. The van der Waals surface area contributed by atoms with E-state index in [9.17, 15) is 29.7 Å². The van der Waals surface area contributed by atoms with Gasteiger partial charge in [-0.15, -0.1) is 0 Å². The van der Waals surface area contributed by atoms with Gasteiger partial charge in [0.15, 0.2) is 17.5 Å². The fourth-order valence-electron chi connectivity index (χ4n) is 12.4. The molecule has 0 atom stereocenters. The second kappa shape index (κ2) is 27.4. The van der Waals surface area contributed by atoms with Gasteiger partial charge in [-0.05, 0) is 149 Å². The van der Waals surface area contributed by atoms with Crippen molar-refractivity contribution in [2.24, 2.45) is 0 Å². The molecule has 12 aromatic carbocycles. The van der Waals surface area contributed by atoms with Crippen molar-refractivity contribution in [1.29, 1.82) is 10.5 Å². The highest BCUT2D eigenvalue weighted by molar-refractivity contribution is 6.15. The number of nitrogens with zero attached hydrogens (tertiary/aromatic N) is 7. The third kappa shape index (κ3) is 12.7. The maximum atomic E-state index is 14.1. The summed E-state index contributed by atoms with van der Waals surface area (Å²) in [7, 11) is 0. The monoisotopic (exact) mass is 1300 g/mol. The number of carbonyl (C=O) groups is 4. The molecule has 0 aliphatic rings. The van der Waals surface area contributed by atoms with Gasteiger partial charge < -0.3 is 28.1 Å². The van der Waals surface area contributed by atoms with Crippen LogP contribution in [0.2, 0.25) is 0 Å². The fourth-order valence-corrected chi connectivity index (χ4v) is 12.4. The van der Waals surface area contributed by atoms with E-state index in [2.05, 4.69) is 16.7 Å². The van der Waals surface area contributed by atoms with Crippen LogP contribution < -0.4 is 0 Å². The summed E-state index contributed by atoms with van der Waals surface area (Å²) in [4.78, 5) is 72.4. The first-order valence-corrected chi connectivity index (χ1v) is 32.1. The molecule has 3 heterocycles. The molecule has 0 aliphatic heterocycles. The molecule has 0 N–H and O–H groups in total. The van der Waals surface area contributed by atoms with Gasteiger partial charge in [0.2, 0.25) is 0 Å². The van der Waals surface area contributed by atoms with Crippen LogP contribution in [0, 0.1) is 22.7 Å². The van der Waals surface area contributed by atoms with Crippen molar-refractivity contribution < 1.29 is 38.1 Å². The van der Waals surface area contributed by atoms with Crippen molar-refractivity contribution >= 4 is 67.5 Å². The zero-order valence-corrected chi connectivity index (χ0v) is 53.4. The van der Waals surface area contributed by atoms with Crippen LogP contribution in [0.3, 0.4) is 0 Å². The maximum absolute atomic E-state index is 14.1. The zero-order chi connectivity index (χ0) is 68.1. The number of esters is 4. The number of hydrogen-bond acceptors (Lipinski definition) is 13. The number of benzene rings is 12. The van der Waals surface area contributed by atoms with Gasteiger partial charge in [-0.2, -0.15) is 10.5 Å². The Labute approximate surface area is 573 Å². The minimum atomic E-state index is -0.554. The van der Waals surface area contributed by atoms with Gasteiger partial charge in [0.05, 0.1) is 79.0 Å². The smallest absolute Gasteiger partial charge is 0.338 e. The van der Waals surface area contributed by atoms with E-state index in [0.29, 0.717) is 88.6 Å². The third-order valence-corrected chi connectivity index (χ3v) is 17.4. The van der Waals surface area contributed by atoms with Gasteiger partial charge in [0, 0.05) is 38.2 Å². The number of aromatic nitrogens is 5. The molecule has 0 radical (unpaired) electrons. The van der Waals surface area contributed by atoms with Crippen molar-refractivity contribution in [3.05, 3.63) is 341 Å². The topological polar surface area (TPSA) is 201 Å².